The number of anilines is 3. The van der Waals surface area contributed by atoms with E-state index < -0.39 is 0 Å². The van der Waals surface area contributed by atoms with Crippen LogP contribution in [0.25, 0.3) is 33.4 Å². The molecular formula is C35H26N2. The molecule has 0 amide bonds. The molecule has 0 saturated carbocycles. The van der Waals surface area contributed by atoms with Gasteiger partial charge in [-0.1, -0.05) is 127 Å². The van der Waals surface area contributed by atoms with Crippen molar-refractivity contribution in [3.8, 4) is 33.4 Å². The Labute approximate surface area is 218 Å². The van der Waals surface area contributed by atoms with Crippen LogP contribution < -0.4 is 4.90 Å². The number of rotatable bonds is 6. The van der Waals surface area contributed by atoms with E-state index in [1.165, 1.54) is 5.56 Å². The molecule has 176 valence electrons. The van der Waals surface area contributed by atoms with E-state index in [1.54, 1.807) is 0 Å². The molecule has 6 rings (SSSR count). The van der Waals surface area contributed by atoms with Crippen molar-refractivity contribution in [3.63, 3.8) is 0 Å². The predicted molar refractivity (Wildman–Crippen MR) is 155 cm³/mol. The Bertz CT molecular complexity index is 1540. The molecule has 0 fully saturated rings. The summed E-state index contributed by atoms with van der Waals surface area (Å²) >= 11 is 0. The molecule has 0 saturated heterocycles. The van der Waals surface area contributed by atoms with Crippen LogP contribution in [0.5, 0.6) is 0 Å². The largest absolute Gasteiger partial charge is 0.295 e. The minimum absolute atomic E-state index is 0.891. The van der Waals surface area contributed by atoms with Crippen molar-refractivity contribution >= 4 is 17.2 Å². The van der Waals surface area contributed by atoms with Gasteiger partial charge in [0.2, 0.25) is 0 Å². The van der Waals surface area contributed by atoms with Crippen LogP contribution >= 0.6 is 0 Å². The molecule has 0 radical (unpaired) electrons. The van der Waals surface area contributed by atoms with Crippen LogP contribution in [-0.4, -0.2) is 4.98 Å². The SMILES string of the molecule is c1ccc(-c2cnc(N(c3ccccc3)c3ccccc3)c(-c3ccccc3)c2-c2ccccc2)cc1. The van der Waals surface area contributed by atoms with Gasteiger partial charge in [0.15, 0.2) is 0 Å². The number of benzene rings is 5. The van der Waals surface area contributed by atoms with Crippen LogP contribution in [0.4, 0.5) is 17.2 Å². The lowest BCUT2D eigenvalue weighted by Crippen LogP contribution is -2.13. The predicted octanol–water partition coefficient (Wildman–Crippen LogP) is 9.55. The summed E-state index contributed by atoms with van der Waals surface area (Å²) in [6.07, 6.45) is 2.03. The average Bonchev–Trinajstić information content (AvgIpc) is 2.99. The standard InChI is InChI=1S/C35H26N2/c1-6-16-27(17-7-1)32-26-36-35(37(30-22-12-4-13-23-30)31-24-14-5-15-25-31)34(29-20-10-3-11-21-29)33(32)28-18-8-2-9-19-28/h1-26H. The van der Waals surface area contributed by atoms with E-state index in [4.69, 9.17) is 4.98 Å². The number of para-hydroxylation sites is 2. The average molecular weight is 475 g/mol. The van der Waals surface area contributed by atoms with Crippen LogP contribution in [0.2, 0.25) is 0 Å². The highest BCUT2D eigenvalue weighted by atomic mass is 15.2. The van der Waals surface area contributed by atoms with Gasteiger partial charge in [-0.2, -0.15) is 0 Å². The Balaban J connectivity index is 1.73. The fourth-order valence-electron chi connectivity index (χ4n) is 4.84. The second kappa shape index (κ2) is 10.3. The first-order valence-corrected chi connectivity index (χ1v) is 12.5. The van der Waals surface area contributed by atoms with Crippen LogP contribution in [0.15, 0.2) is 158 Å². The van der Waals surface area contributed by atoms with Crippen molar-refractivity contribution in [1.29, 1.82) is 0 Å². The zero-order valence-electron chi connectivity index (χ0n) is 20.4. The monoisotopic (exact) mass is 474 g/mol. The molecule has 0 unspecified atom stereocenters. The quantitative estimate of drug-likeness (QED) is 0.239. The number of hydrogen-bond acceptors (Lipinski definition) is 2. The molecule has 0 spiro atoms. The Morgan fingerprint density at radius 2 is 0.757 bits per heavy atom. The molecule has 1 aromatic heterocycles. The molecule has 5 aromatic carbocycles. The molecule has 37 heavy (non-hydrogen) atoms. The van der Waals surface area contributed by atoms with E-state index >= 15 is 0 Å². The van der Waals surface area contributed by atoms with Crippen LogP contribution in [0, 0.1) is 0 Å². The maximum atomic E-state index is 5.20. The summed E-state index contributed by atoms with van der Waals surface area (Å²) < 4.78 is 0. The van der Waals surface area contributed by atoms with Gasteiger partial charge in [0.1, 0.15) is 5.82 Å². The molecule has 1 heterocycles. The fraction of sp³-hybridized carbons (Fsp3) is 0. The second-order valence-corrected chi connectivity index (χ2v) is 8.85. The van der Waals surface area contributed by atoms with Crippen LogP contribution in [-0.2, 0) is 0 Å². The van der Waals surface area contributed by atoms with E-state index in [0.717, 1.165) is 45.0 Å². The third-order valence-electron chi connectivity index (χ3n) is 6.51. The van der Waals surface area contributed by atoms with Gasteiger partial charge < -0.3 is 0 Å². The Hall–Kier alpha value is -4.95. The van der Waals surface area contributed by atoms with Gasteiger partial charge in [-0.15, -0.1) is 0 Å². The number of pyridine rings is 1. The summed E-state index contributed by atoms with van der Waals surface area (Å²) in [5, 5.41) is 0. The molecular weight excluding hydrogens is 448 g/mol. The van der Waals surface area contributed by atoms with Crippen molar-refractivity contribution in [1.82, 2.24) is 4.98 Å². The zero-order valence-corrected chi connectivity index (χ0v) is 20.4. The van der Waals surface area contributed by atoms with Crippen LogP contribution in [0.3, 0.4) is 0 Å². The van der Waals surface area contributed by atoms with E-state index in [0.29, 0.717) is 0 Å². The Kier molecular flexibility index (Phi) is 6.30. The summed E-state index contributed by atoms with van der Waals surface area (Å²) in [5.74, 6) is 0.891. The highest BCUT2D eigenvalue weighted by Crippen LogP contribution is 2.47. The van der Waals surface area contributed by atoms with Gasteiger partial charge in [0.05, 0.1) is 0 Å². The number of nitrogens with zero attached hydrogens (tertiary/aromatic N) is 2. The van der Waals surface area contributed by atoms with Crippen molar-refractivity contribution in [2.24, 2.45) is 0 Å². The Morgan fingerprint density at radius 3 is 1.22 bits per heavy atom. The highest BCUT2D eigenvalue weighted by molar-refractivity contribution is 6.01. The smallest absolute Gasteiger partial charge is 0.146 e. The van der Waals surface area contributed by atoms with E-state index in [9.17, 15) is 0 Å². The van der Waals surface area contributed by atoms with E-state index in [-0.39, 0.29) is 0 Å². The lowest BCUT2D eigenvalue weighted by Gasteiger charge is -2.29. The molecule has 0 atom stereocenters. The summed E-state index contributed by atoms with van der Waals surface area (Å²) in [4.78, 5) is 7.45. The molecule has 0 bridgehead atoms. The zero-order chi connectivity index (χ0) is 24.9. The van der Waals surface area contributed by atoms with Gasteiger partial charge in [0.25, 0.3) is 0 Å². The summed E-state index contributed by atoms with van der Waals surface area (Å²) in [5.41, 5.74) is 8.91. The summed E-state index contributed by atoms with van der Waals surface area (Å²) in [7, 11) is 0. The first-order chi connectivity index (χ1) is 18.4. The minimum Gasteiger partial charge on any atom is -0.295 e. The van der Waals surface area contributed by atoms with Crippen LogP contribution in [0.1, 0.15) is 0 Å². The number of hydrogen-bond donors (Lipinski definition) is 0. The molecule has 2 nitrogen and oxygen atoms in total. The maximum absolute atomic E-state index is 5.20. The lowest BCUT2D eigenvalue weighted by atomic mass is 9.88. The van der Waals surface area contributed by atoms with Crippen molar-refractivity contribution in [2.75, 3.05) is 4.90 Å². The van der Waals surface area contributed by atoms with Gasteiger partial charge in [-0.25, -0.2) is 4.98 Å². The Morgan fingerprint density at radius 1 is 0.378 bits per heavy atom. The first kappa shape index (κ1) is 22.5. The van der Waals surface area contributed by atoms with E-state index in [2.05, 4.69) is 144 Å². The minimum atomic E-state index is 0.891. The number of aromatic nitrogens is 1. The molecule has 2 heteroatoms. The third-order valence-corrected chi connectivity index (χ3v) is 6.51. The first-order valence-electron chi connectivity index (χ1n) is 12.5. The molecule has 0 aliphatic heterocycles. The lowest BCUT2D eigenvalue weighted by molar-refractivity contribution is 1.18. The third kappa shape index (κ3) is 4.53. The molecule has 0 aliphatic rings. The van der Waals surface area contributed by atoms with Gasteiger partial charge in [-0.3, -0.25) is 4.90 Å². The summed E-state index contributed by atoms with van der Waals surface area (Å²) in [6, 6.07) is 52.7. The fourth-order valence-corrected chi connectivity index (χ4v) is 4.84. The molecule has 0 aliphatic carbocycles. The highest BCUT2D eigenvalue weighted by Gasteiger charge is 2.24. The maximum Gasteiger partial charge on any atom is 0.146 e. The van der Waals surface area contributed by atoms with Crippen molar-refractivity contribution in [2.45, 2.75) is 0 Å². The van der Waals surface area contributed by atoms with Gasteiger partial charge in [0, 0.05) is 34.3 Å². The normalized spacial score (nSPS) is 10.7. The second-order valence-electron chi connectivity index (χ2n) is 8.85. The topological polar surface area (TPSA) is 16.1 Å². The molecule has 6 aromatic rings. The van der Waals surface area contributed by atoms with Gasteiger partial charge in [-0.05, 0) is 41.0 Å². The van der Waals surface area contributed by atoms with Gasteiger partial charge >= 0.3 is 0 Å². The van der Waals surface area contributed by atoms with Crippen molar-refractivity contribution in [3.05, 3.63) is 158 Å². The molecule has 0 N–H and O–H groups in total. The van der Waals surface area contributed by atoms with E-state index in [1.807, 2.05) is 18.3 Å². The summed E-state index contributed by atoms with van der Waals surface area (Å²) in [6.45, 7) is 0. The van der Waals surface area contributed by atoms with Crippen molar-refractivity contribution < 1.29 is 0 Å².